The number of nitrogens with zero attached hydrogens (tertiary/aromatic N) is 1. The molecule has 1 radical (unpaired) electrons. The van der Waals surface area contributed by atoms with Crippen LogP contribution in [0.25, 0.3) is 0 Å². The molecule has 1 rings (SSSR count). The second kappa shape index (κ2) is 3.62. The van der Waals surface area contributed by atoms with E-state index in [0.29, 0.717) is 5.75 Å². The lowest BCUT2D eigenvalue weighted by Crippen LogP contribution is -2.08. The first-order valence-electron chi connectivity index (χ1n) is 3.27. The number of hydrogen-bond donors (Lipinski definition) is 0. The summed E-state index contributed by atoms with van der Waals surface area (Å²) in [4.78, 5) is 0. The molecule has 2 nitrogen and oxygen atoms in total. The average molecular weight is 146 g/mol. The van der Waals surface area contributed by atoms with Crippen LogP contribution in [-0.2, 0) is 0 Å². The van der Waals surface area contributed by atoms with Gasteiger partial charge < -0.3 is 4.74 Å². The summed E-state index contributed by atoms with van der Waals surface area (Å²) in [6.45, 7) is 3.47. The van der Waals surface area contributed by atoms with Gasteiger partial charge in [-0.1, -0.05) is 18.2 Å². The predicted octanol–water partition coefficient (Wildman–Crippen LogP) is 1.79. The highest BCUT2D eigenvalue weighted by Gasteiger charge is 1.98. The molecule has 11 heavy (non-hydrogen) atoms. The smallest absolute Gasteiger partial charge is 0.184 e. The lowest BCUT2D eigenvalue weighted by Gasteiger charge is -2.05. The molecule has 1 unspecified atom stereocenters. The Hall–Kier alpha value is -1.49. The van der Waals surface area contributed by atoms with E-state index in [1.165, 1.54) is 0 Å². The van der Waals surface area contributed by atoms with Crippen molar-refractivity contribution in [3.63, 3.8) is 0 Å². The fourth-order valence-corrected chi connectivity index (χ4v) is 0.690. The van der Waals surface area contributed by atoms with E-state index >= 15 is 0 Å². The van der Waals surface area contributed by atoms with Crippen LogP contribution in [0.2, 0.25) is 0 Å². The SMILES string of the molecule is [CH2]C(C#N)Oc1ccccc1. The Morgan fingerprint density at radius 3 is 2.55 bits per heavy atom. The summed E-state index contributed by atoms with van der Waals surface area (Å²) in [5.74, 6) is 0.675. The Labute approximate surface area is 66.0 Å². The summed E-state index contributed by atoms with van der Waals surface area (Å²) < 4.78 is 5.09. The standard InChI is InChI=1S/C9H8NO/c1-8(7-10)11-9-5-3-2-4-6-9/h2-6,8H,1H2. The summed E-state index contributed by atoms with van der Waals surface area (Å²) in [5.41, 5.74) is 0. The molecule has 0 spiro atoms. The van der Waals surface area contributed by atoms with Crippen LogP contribution in [0.15, 0.2) is 30.3 Å². The van der Waals surface area contributed by atoms with Gasteiger partial charge in [-0.25, -0.2) is 0 Å². The van der Waals surface area contributed by atoms with E-state index in [0.717, 1.165) is 0 Å². The molecule has 0 fully saturated rings. The Kier molecular flexibility index (Phi) is 2.51. The van der Waals surface area contributed by atoms with Crippen LogP contribution in [0.1, 0.15) is 0 Å². The largest absolute Gasteiger partial charge is 0.476 e. The number of hydrogen-bond acceptors (Lipinski definition) is 2. The van der Waals surface area contributed by atoms with E-state index in [-0.39, 0.29) is 0 Å². The Balaban J connectivity index is 2.60. The van der Waals surface area contributed by atoms with Crippen LogP contribution >= 0.6 is 0 Å². The zero-order valence-electron chi connectivity index (χ0n) is 6.03. The third-order valence-corrected chi connectivity index (χ3v) is 1.17. The molecule has 0 aliphatic rings. The van der Waals surface area contributed by atoms with E-state index in [1.807, 2.05) is 24.3 Å². The number of benzene rings is 1. The summed E-state index contributed by atoms with van der Waals surface area (Å²) in [6, 6.07) is 11.0. The van der Waals surface area contributed by atoms with Gasteiger partial charge in [0.05, 0.1) is 0 Å². The fraction of sp³-hybridized carbons (Fsp3) is 0.111. The number of rotatable bonds is 2. The minimum absolute atomic E-state index is 0.627. The van der Waals surface area contributed by atoms with E-state index in [1.54, 1.807) is 12.1 Å². The van der Waals surface area contributed by atoms with Crippen LogP contribution < -0.4 is 4.74 Å². The van der Waals surface area contributed by atoms with Gasteiger partial charge in [0.25, 0.3) is 0 Å². The van der Waals surface area contributed by atoms with Gasteiger partial charge in [0.1, 0.15) is 11.8 Å². The van der Waals surface area contributed by atoms with Crippen LogP contribution in [0, 0.1) is 18.3 Å². The summed E-state index contributed by atoms with van der Waals surface area (Å²) in [5, 5.41) is 8.36. The maximum Gasteiger partial charge on any atom is 0.184 e. The van der Waals surface area contributed by atoms with Crippen molar-refractivity contribution in [3.8, 4) is 11.8 Å². The summed E-state index contributed by atoms with van der Waals surface area (Å²) >= 11 is 0. The maximum absolute atomic E-state index is 8.36. The molecule has 1 aromatic carbocycles. The van der Waals surface area contributed by atoms with Gasteiger partial charge in [-0.2, -0.15) is 5.26 Å². The van der Waals surface area contributed by atoms with Crippen molar-refractivity contribution in [1.82, 2.24) is 0 Å². The number of para-hydroxylation sites is 1. The van der Waals surface area contributed by atoms with Crippen molar-refractivity contribution in [1.29, 1.82) is 5.26 Å². The molecule has 0 N–H and O–H groups in total. The van der Waals surface area contributed by atoms with Gasteiger partial charge >= 0.3 is 0 Å². The van der Waals surface area contributed by atoms with Crippen LogP contribution in [0.4, 0.5) is 0 Å². The van der Waals surface area contributed by atoms with Gasteiger partial charge in [-0.05, 0) is 12.1 Å². The lowest BCUT2D eigenvalue weighted by atomic mass is 10.3. The highest BCUT2D eigenvalue weighted by molar-refractivity contribution is 5.22. The second-order valence-corrected chi connectivity index (χ2v) is 2.05. The minimum Gasteiger partial charge on any atom is -0.476 e. The van der Waals surface area contributed by atoms with E-state index in [4.69, 9.17) is 10.00 Å². The molecule has 2 heteroatoms. The highest BCUT2D eigenvalue weighted by atomic mass is 16.5. The molecule has 1 atom stereocenters. The Bertz CT molecular complexity index is 250. The molecule has 0 amide bonds. The summed E-state index contributed by atoms with van der Waals surface area (Å²) in [6.07, 6.45) is -0.627. The van der Waals surface area contributed by atoms with Gasteiger partial charge in [0.15, 0.2) is 6.10 Å². The number of ether oxygens (including phenoxy) is 1. The van der Waals surface area contributed by atoms with Crippen molar-refractivity contribution in [2.24, 2.45) is 0 Å². The van der Waals surface area contributed by atoms with Crippen molar-refractivity contribution in [2.75, 3.05) is 0 Å². The minimum atomic E-state index is -0.627. The van der Waals surface area contributed by atoms with E-state index in [2.05, 4.69) is 6.92 Å². The maximum atomic E-state index is 8.36. The number of nitriles is 1. The molecule has 55 valence electrons. The molecule has 1 aromatic rings. The van der Waals surface area contributed by atoms with E-state index in [9.17, 15) is 0 Å². The third kappa shape index (κ3) is 2.30. The topological polar surface area (TPSA) is 33.0 Å². The Morgan fingerprint density at radius 1 is 1.36 bits per heavy atom. The monoisotopic (exact) mass is 146 g/mol. The molecule has 0 heterocycles. The van der Waals surface area contributed by atoms with Crippen LogP contribution in [0.5, 0.6) is 5.75 Å². The molecular weight excluding hydrogens is 138 g/mol. The van der Waals surface area contributed by atoms with Crippen molar-refractivity contribution in [3.05, 3.63) is 37.3 Å². The zero-order valence-corrected chi connectivity index (χ0v) is 6.03. The molecule has 0 saturated heterocycles. The van der Waals surface area contributed by atoms with Crippen LogP contribution in [0.3, 0.4) is 0 Å². The third-order valence-electron chi connectivity index (χ3n) is 1.17. The molecule has 0 aromatic heterocycles. The quantitative estimate of drug-likeness (QED) is 0.637. The normalized spacial score (nSPS) is 11.6. The average Bonchev–Trinajstić information content (AvgIpc) is 2.06. The van der Waals surface area contributed by atoms with E-state index < -0.39 is 6.10 Å². The van der Waals surface area contributed by atoms with Gasteiger partial charge in [0, 0.05) is 6.92 Å². The van der Waals surface area contributed by atoms with Crippen LogP contribution in [-0.4, -0.2) is 6.10 Å². The van der Waals surface area contributed by atoms with Crippen molar-refractivity contribution in [2.45, 2.75) is 6.10 Å². The molecule has 0 saturated carbocycles. The van der Waals surface area contributed by atoms with Gasteiger partial charge in [-0.3, -0.25) is 0 Å². The fourth-order valence-electron chi connectivity index (χ4n) is 0.690. The van der Waals surface area contributed by atoms with Crippen molar-refractivity contribution < 1.29 is 4.74 Å². The molecule has 0 aliphatic heterocycles. The van der Waals surface area contributed by atoms with Gasteiger partial charge in [-0.15, -0.1) is 0 Å². The first-order valence-corrected chi connectivity index (χ1v) is 3.27. The lowest BCUT2D eigenvalue weighted by molar-refractivity contribution is 0.300. The first kappa shape index (κ1) is 7.62. The first-order chi connectivity index (χ1) is 5.33. The Morgan fingerprint density at radius 2 is 2.00 bits per heavy atom. The molecular formula is C9H8NO. The second-order valence-electron chi connectivity index (χ2n) is 2.05. The van der Waals surface area contributed by atoms with Crippen molar-refractivity contribution >= 4 is 0 Å². The van der Waals surface area contributed by atoms with Gasteiger partial charge in [0.2, 0.25) is 0 Å². The highest BCUT2D eigenvalue weighted by Crippen LogP contribution is 2.09. The molecule has 0 bridgehead atoms. The zero-order chi connectivity index (χ0) is 8.10. The summed E-state index contributed by atoms with van der Waals surface area (Å²) in [7, 11) is 0. The predicted molar refractivity (Wildman–Crippen MR) is 41.8 cm³/mol. The molecule has 0 aliphatic carbocycles.